The molecule has 1 amide bonds. The number of rotatable bonds is 9. The molecule has 5 rings (SSSR count). The summed E-state index contributed by atoms with van der Waals surface area (Å²) in [7, 11) is 2.09. The number of fused-ring (bicyclic) bond motifs is 2. The van der Waals surface area contributed by atoms with Gasteiger partial charge in [0.05, 0.1) is 22.5 Å². The lowest BCUT2D eigenvalue weighted by molar-refractivity contribution is 0.0954. The first-order valence-electron chi connectivity index (χ1n) is 12.3. The third kappa shape index (κ3) is 4.81. The second-order valence-electron chi connectivity index (χ2n) is 9.13. The van der Waals surface area contributed by atoms with Crippen LogP contribution in [0.1, 0.15) is 41.7 Å². The highest BCUT2D eigenvalue weighted by atomic mass is 32.1. The topological polar surface area (TPSA) is 53.4 Å². The van der Waals surface area contributed by atoms with Gasteiger partial charge in [-0.25, -0.2) is 4.98 Å². The summed E-state index contributed by atoms with van der Waals surface area (Å²) in [4.78, 5) is 23.2. The minimum absolute atomic E-state index is 0.0343. The van der Waals surface area contributed by atoms with Gasteiger partial charge in [0.2, 0.25) is 0 Å². The van der Waals surface area contributed by atoms with Crippen LogP contribution in [0.3, 0.4) is 0 Å². The van der Waals surface area contributed by atoms with E-state index in [1.165, 1.54) is 18.5 Å². The summed E-state index contributed by atoms with van der Waals surface area (Å²) >= 11 is 1.57. The van der Waals surface area contributed by atoms with Gasteiger partial charge in [0.25, 0.3) is 5.91 Å². The summed E-state index contributed by atoms with van der Waals surface area (Å²) in [6.45, 7) is 7.86. The third-order valence-corrected chi connectivity index (χ3v) is 7.82. The molecular formula is C27H33N5OS. The first-order chi connectivity index (χ1) is 16.6. The number of aryl methyl sites for hydroxylation is 1. The molecule has 4 aromatic rings. The zero-order chi connectivity index (χ0) is 23.5. The average molecular weight is 476 g/mol. The van der Waals surface area contributed by atoms with E-state index in [2.05, 4.69) is 70.1 Å². The number of nitrogens with zero attached hydrogens (tertiary/aromatic N) is 4. The minimum atomic E-state index is 0.0343. The molecule has 1 saturated heterocycles. The molecule has 178 valence electrons. The predicted octanol–water partition coefficient (Wildman–Crippen LogP) is 5.03. The van der Waals surface area contributed by atoms with Crippen molar-refractivity contribution in [2.45, 2.75) is 32.7 Å². The van der Waals surface area contributed by atoms with Crippen LogP contribution in [0.25, 0.3) is 21.1 Å². The lowest BCUT2D eigenvalue weighted by atomic mass is 10.2. The van der Waals surface area contributed by atoms with E-state index in [0.29, 0.717) is 6.54 Å². The van der Waals surface area contributed by atoms with Crippen LogP contribution in [0.15, 0.2) is 48.5 Å². The first-order valence-corrected chi connectivity index (χ1v) is 13.1. The maximum Gasteiger partial charge on any atom is 0.261 e. The number of hydrogen-bond acceptors (Lipinski definition) is 5. The molecule has 0 saturated carbocycles. The number of para-hydroxylation sites is 2. The van der Waals surface area contributed by atoms with E-state index in [-0.39, 0.29) is 5.91 Å². The van der Waals surface area contributed by atoms with Crippen LogP contribution >= 0.6 is 11.3 Å². The second-order valence-corrected chi connectivity index (χ2v) is 10.2. The van der Waals surface area contributed by atoms with Gasteiger partial charge in [-0.3, -0.25) is 4.79 Å². The van der Waals surface area contributed by atoms with Crippen LogP contribution in [0.4, 0.5) is 5.69 Å². The van der Waals surface area contributed by atoms with Crippen molar-refractivity contribution in [2.24, 2.45) is 7.05 Å². The SMILES string of the molecule is CCCN(Cc1nc2ccccc2n1C)c1ccc2sc(C(=O)NCCN3CCCC3)cc2c1. The molecule has 1 aliphatic rings. The van der Waals surface area contributed by atoms with Crippen LogP contribution < -0.4 is 10.2 Å². The number of thiophene rings is 1. The maximum atomic E-state index is 12.7. The molecule has 6 nitrogen and oxygen atoms in total. The molecular weight excluding hydrogens is 442 g/mol. The Kier molecular flexibility index (Phi) is 6.83. The van der Waals surface area contributed by atoms with Crippen molar-refractivity contribution in [3.05, 3.63) is 59.2 Å². The molecule has 3 heterocycles. The Morgan fingerprint density at radius 3 is 2.76 bits per heavy atom. The maximum absolute atomic E-state index is 12.7. The van der Waals surface area contributed by atoms with Gasteiger partial charge in [-0.15, -0.1) is 11.3 Å². The summed E-state index contributed by atoms with van der Waals surface area (Å²) in [6, 6.07) is 16.8. The van der Waals surface area contributed by atoms with Gasteiger partial charge in [-0.05, 0) is 74.1 Å². The van der Waals surface area contributed by atoms with Gasteiger partial charge >= 0.3 is 0 Å². The summed E-state index contributed by atoms with van der Waals surface area (Å²) in [5, 5.41) is 4.23. The normalized spacial score (nSPS) is 14.3. The summed E-state index contributed by atoms with van der Waals surface area (Å²) in [6.07, 6.45) is 3.60. The number of likely N-dealkylation sites (tertiary alicyclic amines) is 1. The lowest BCUT2D eigenvalue weighted by Crippen LogP contribution is -2.33. The van der Waals surface area contributed by atoms with E-state index in [0.717, 1.165) is 71.0 Å². The smallest absolute Gasteiger partial charge is 0.261 e. The number of carbonyl (C=O) groups is 1. The van der Waals surface area contributed by atoms with Crippen molar-refractivity contribution in [1.29, 1.82) is 0 Å². The fraction of sp³-hybridized carbons (Fsp3) is 0.407. The molecule has 1 aliphatic heterocycles. The average Bonchev–Trinajstić information content (AvgIpc) is 3.58. The second kappa shape index (κ2) is 10.2. The van der Waals surface area contributed by atoms with Gasteiger partial charge < -0.3 is 19.7 Å². The number of hydrogen-bond donors (Lipinski definition) is 1. The van der Waals surface area contributed by atoms with Crippen LogP contribution in [0.5, 0.6) is 0 Å². The van der Waals surface area contributed by atoms with Crippen molar-refractivity contribution < 1.29 is 4.79 Å². The van der Waals surface area contributed by atoms with E-state index in [1.807, 2.05) is 12.1 Å². The van der Waals surface area contributed by atoms with Gasteiger partial charge in [0.15, 0.2) is 0 Å². The fourth-order valence-corrected chi connectivity index (χ4v) is 5.80. The molecule has 1 N–H and O–H groups in total. The highest BCUT2D eigenvalue weighted by Gasteiger charge is 2.16. The first kappa shape index (κ1) is 22.9. The quantitative estimate of drug-likeness (QED) is 0.369. The van der Waals surface area contributed by atoms with Gasteiger partial charge in [0.1, 0.15) is 5.82 Å². The van der Waals surface area contributed by atoms with E-state index in [9.17, 15) is 4.79 Å². The zero-order valence-electron chi connectivity index (χ0n) is 20.1. The summed E-state index contributed by atoms with van der Waals surface area (Å²) in [5.41, 5.74) is 3.35. The van der Waals surface area contributed by atoms with E-state index in [4.69, 9.17) is 4.98 Å². The summed E-state index contributed by atoms with van der Waals surface area (Å²) < 4.78 is 3.33. The standard InChI is InChI=1S/C27H33N5OS/c1-3-13-32(19-26-29-22-8-4-5-9-23(22)30(26)2)21-10-11-24-20(17-21)18-25(34-24)27(33)28-12-16-31-14-6-7-15-31/h4-5,8-11,17-18H,3,6-7,12-16,19H2,1-2H3,(H,28,33). The predicted molar refractivity (Wildman–Crippen MR) is 142 cm³/mol. The van der Waals surface area contributed by atoms with Crippen LogP contribution in [0.2, 0.25) is 0 Å². The highest BCUT2D eigenvalue weighted by Crippen LogP contribution is 2.30. The Labute approximate surface area is 205 Å². The lowest BCUT2D eigenvalue weighted by Gasteiger charge is -2.24. The van der Waals surface area contributed by atoms with Crippen molar-refractivity contribution >= 4 is 44.1 Å². The largest absolute Gasteiger partial charge is 0.364 e. The Balaban J connectivity index is 1.32. The molecule has 2 aromatic heterocycles. The van der Waals surface area contributed by atoms with E-state index >= 15 is 0 Å². The van der Waals surface area contributed by atoms with Gasteiger partial charge in [-0.1, -0.05) is 19.1 Å². The molecule has 0 bridgehead atoms. The monoisotopic (exact) mass is 475 g/mol. The van der Waals surface area contributed by atoms with Crippen molar-refractivity contribution in [1.82, 2.24) is 19.8 Å². The van der Waals surface area contributed by atoms with Gasteiger partial charge in [-0.2, -0.15) is 0 Å². The summed E-state index contributed by atoms with van der Waals surface area (Å²) in [5.74, 6) is 1.09. The van der Waals surface area contributed by atoms with Crippen molar-refractivity contribution in [3.63, 3.8) is 0 Å². The van der Waals surface area contributed by atoms with Gasteiger partial charge in [0, 0.05) is 37.1 Å². The van der Waals surface area contributed by atoms with E-state index in [1.54, 1.807) is 11.3 Å². The Bertz CT molecular complexity index is 1290. The third-order valence-electron chi connectivity index (χ3n) is 6.71. The number of imidazole rings is 1. The molecule has 0 atom stereocenters. The number of anilines is 1. The number of amides is 1. The number of benzene rings is 2. The van der Waals surface area contributed by atoms with E-state index < -0.39 is 0 Å². The van der Waals surface area contributed by atoms with Crippen LogP contribution in [-0.4, -0.2) is 53.1 Å². The van der Waals surface area contributed by atoms with Crippen molar-refractivity contribution in [2.75, 3.05) is 37.6 Å². The molecule has 0 spiro atoms. The molecule has 7 heteroatoms. The molecule has 0 radical (unpaired) electrons. The highest BCUT2D eigenvalue weighted by molar-refractivity contribution is 7.20. The number of aromatic nitrogens is 2. The minimum Gasteiger partial charge on any atom is -0.364 e. The van der Waals surface area contributed by atoms with Crippen molar-refractivity contribution in [3.8, 4) is 0 Å². The molecule has 1 fully saturated rings. The number of nitrogens with one attached hydrogen (secondary N) is 1. The Morgan fingerprint density at radius 2 is 1.97 bits per heavy atom. The Morgan fingerprint density at radius 1 is 1.15 bits per heavy atom. The van der Waals surface area contributed by atoms with Crippen LogP contribution in [-0.2, 0) is 13.6 Å². The zero-order valence-corrected chi connectivity index (χ0v) is 20.9. The molecule has 0 aliphatic carbocycles. The Hall–Kier alpha value is -2.90. The molecule has 0 unspecified atom stereocenters. The van der Waals surface area contributed by atoms with Crippen LogP contribution in [0, 0.1) is 0 Å². The molecule has 2 aromatic carbocycles. The number of carbonyl (C=O) groups excluding carboxylic acids is 1. The molecule has 34 heavy (non-hydrogen) atoms. The fourth-order valence-electron chi connectivity index (χ4n) is 4.84.